The highest BCUT2D eigenvalue weighted by atomic mass is 16.1. The van der Waals surface area contributed by atoms with Crippen molar-refractivity contribution in [3.63, 3.8) is 0 Å². The number of aromatic nitrogens is 2. The number of aromatic amines is 1. The van der Waals surface area contributed by atoms with Crippen LogP contribution in [0.5, 0.6) is 0 Å². The van der Waals surface area contributed by atoms with Gasteiger partial charge in [0.2, 0.25) is 0 Å². The molecule has 0 saturated heterocycles. The van der Waals surface area contributed by atoms with Gasteiger partial charge in [0.1, 0.15) is 0 Å². The smallest absolute Gasteiger partial charge is 0.255 e. The Morgan fingerprint density at radius 3 is 2.53 bits per heavy atom. The molecule has 100 valence electrons. The first-order valence-electron chi connectivity index (χ1n) is 6.50. The SMILES string of the molecule is CCC(NC(=O)c1c(C)n[nH]c1C)c1ccccc1. The topological polar surface area (TPSA) is 57.8 Å². The van der Waals surface area contributed by atoms with Gasteiger partial charge in [-0.2, -0.15) is 5.10 Å². The highest BCUT2D eigenvalue weighted by Crippen LogP contribution is 2.18. The molecule has 1 amide bonds. The van der Waals surface area contributed by atoms with Gasteiger partial charge in [-0.05, 0) is 25.8 Å². The molecule has 0 spiro atoms. The molecule has 4 nitrogen and oxygen atoms in total. The van der Waals surface area contributed by atoms with E-state index in [1.54, 1.807) is 0 Å². The van der Waals surface area contributed by atoms with E-state index in [0.717, 1.165) is 23.4 Å². The summed E-state index contributed by atoms with van der Waals surface area (Å²) < 4.78 is 0. The average Bonchev–Trinajstić information content (AvgIpc) is 2.76. The van der Waals surface area contributed by atoms with Crippen molar-refractivity contribution in [3.05, 3.63) is 52.8 Å². The van der Waals surface area contributed by atoms with Crippen LogP contribution >= 0.6 is 0 Å². The van der Waals surface area contributed by atoms with Crippen LogP contribution in [0.3, 0.4) is 0 Å². The Morgan fingerprint density at radius 2 is 2.00 bits per heavy atom. The molecule has 2 N–H and O–H groups in total. The summed E-state index contributed by atoms with van der Waals surface area (Å²) in [5.74, 6) is -0.0700. The maximum Gasteiger partial charge on any atom is 0.255 e. The van der Waals surface area contributed by atoms with E-state index in [-0.39, 0.29) is 11.9 Å². The summed E-state index contributed by atoms with van der Waals surface area (Å²) in [4.78, 5) is 12.3. The Balaban J connectivity index is 2.18. The van der Waals surface area contributed by atoms with Crippen LogP contribution < -0.4 is 5.32 Å². The minimum Gasteiger partial charge on any atom is -0.345 e. The number of carbonyl (C=O) groups excluding carboxylic acids is 1. The lowest BCUT2D eigenvalue weighted by Gasteiger charge is -2.17. The third-order valence-corrected chi connectivity index (χ3v) is 3.27. The van der Waals surface area contributed by atoms with Gasteiger partial charge in [-0.1, -0.05) is 37.3 Å². The van der Waals surface area contributed by atoms with E-state index < -0.39 is 0 Å². The van der Waals surface area contributed by atoms with Gasteiger partial charge in [0.15, 0.2) is 0 Å². The zero-order chi connectivity index (χ0) is 13.8. The zero-order valence-corrected chi connectivity index (χ0v) is 11.5. The van der Waals surface area contributed by atoms with Gasteiger partial charge in [0.25, 0.3) is 5.91 Å². The zero-order valence-electron chi connectivity index (χ0n) is 11.5. The number of rotatable bonds is 4. The Bertz CT molecular complexity index is 541. The molecule has 19 heavy (non-hydrogen) atoms. The van der Waals surface area contributed by atoms with E-state index in [1.807, 2.05) is 44.2 Å². The van der Waals surface area contributed by atoms with Gasteiger partial charge in [-0.15, -0.1) is 0 Å². The molecular formula is C15H19N3O. The van der Waals surface area contributed by atoms with Crippen molar-refractivity contribution < 1.29 is 4.79 Å². The molecule has 1 atom stereocenters. The van der Waals surface area contributed by atoms with Crippen LogP contribution in [0.2, 0.25) is 0 Å². The fourth-order valence-corrected chi connectivity index (χ4v) is 2.22. The maximum absolute atomic E-state index is 12.3. The third kappa shape index (κ3) is 2.84. The van der Waals surface area contributed by atoms with E-state index >= 15 is 0 Å². The third-order valence-electron chi connectivity index (χ3n) is 3.27. The predicted octanol–water partition coefficient (Wildman–Crippen LogP) is 2.91. The van der Waals surface area contributed by atoms with E-state index in [1.165, 1.54) is 0 Å². The number of H-pyrrole nitrogens is 1. The first kappa shape index (κ1) is 13.3. The molecule has 0 aliphatic heterocycles. The Morgan fingerprint density at radius 1 is 1.32 bits per heavy atom. The minimum atomic E-state index is -0.0700. The quantitative estimate of drug-likeness (QED) is 0.884. The van der Waals surface area contributed by atoms with Gasteiger partial charge in [0, 0.05) is 5.69 Å². The second-order valence-electron chi connectivity index (χ2n) is 4.65. The van der Waals surface area contributed by atoms with Crippen LogP contribution in [0.15, 0.2) is 30.3 Å². The van der Waals surface area contributed by atoms with Gasteiger partial charge < -0.3 is 5.32 Å². The molecule has 1 unspecified atom stereocenters. The van der Waals surface area contributed by atoms with Crippen molar-refractivity contribution in [2.45, 2.75) is 33.2 Å². The van der Waals surface area contributed by atoms with E-state index in [4.69, 9.17) is 0 Å². The Hall–Kier alpha value is -2.10. The molecular weight excluding hydrogens is 238 g/mol. The van der Waals surface area contributed by atoms with Crippen LogP contribution in [0.1, 0.15) is 46.7 Å². The number of amides is 1. The number of hydrogen-bond acceptors (Lipinski definition) is 2. The molecule has 2 aromatic rings. The molecule has 4 heteroatoms. The molecule has 0 aliphatic carbocycles. The molecule has 0 aliphatic rings. The maximum atomic E-state index is 12.3. The predicted molar refractivity (Wildman–Crippen MR) is 75.0 cm³/mol. The largest absolute Gasteiger partial charge is 0.345 e. The Labute approximate surface area is 113 Å². The monoisotopic (exact) mass is 257 g/mol. The van der Waals surface area contributed by atoms with E-state index in [2.05, 4.69) is 22.4 Å². The average molecular weight is 257 g/mol. The molecule has 0 fully saturated rings. The molecule has 1 aromatic carbocycles. The lowest BCUT2D eigenvalue weighted by molar-refractivity contribution is 0.0934. The normalized spacial score (nSPS) is 12.2. The summed E-state index contributed by atoms with van der Waals surface area (Å²) in [6.45, 7) is 5.76. The fourth-order valence-electron chi connectivity index (χ4n) is 2.22. The van der Waals surface area contributed by atoms with Crippen LogP contribution in [0.25, 0.3) is 0 Å². The number of hydrogen-bond donors (Lipinski definition) is 2. The van der Waals surface area contributed by atoms with Crippen LogP contribution in [0.4, 0.5) is 0 Å². The van der Waals surface area contributed by atoms with Crippen molar-refractivity contribution in [3.8, 4) is 0 Å². The summed E-state index contributed by atoms with van der Waals surface area (Å²) in [5.41, 5.74) is 3.31. The summed E-state index contributed by atoms with van der Waals surface area (Å²) in [6, 6.07) is 10.0. The van der Waals surface area contributed by atoms with Crippen molar-refractivity contribution in [2.75, 3.05) is 0 Å². The standard InChI is InChI=1S/C15H19N3O/c1-4-13(12-8-6-5-7-9-12)16-15(19)14-10(2)17-18-11(14)3/h5-9,13H,4H2,1-3H3,(H,16,19)(H,17,18). The highest BCUT2D eigenvalue weighted by Gasteiger charge is 2.18. The Kier molecular flexibility index (Phi) is 4.00. The summed E-state index contributed by atoms with van der Waals surface area (Å²) in [6.07, 6.45) is 0.853. The van der Waals surface area contributed by atoms with Crippen molar-refractivity contribution in [2.24, 2.45) is 0 Å². The summed E-state index contributed by atoms with van der Waals surface area (Å²) in [5, 5.41) is 9.96. The molecule has 0 saturated carbocycles. The molecule has 0 bridgehead atoms. The lowest BCUT2D eigenvalue weighted by Crippen LogP contribution is -2.28. The van der Waals surface area contributed by atoms with Crippen LogP contribution in [-0.2, 0) is 0 Å². The second kappa shape index (κ2) is 5.69. The lowest BCUT2D eigenvalue weighted by atomic mass is 10.0. The molecule has 0 radical (unpaired) electrons. The first-order chi connectivity index (χ1) is 9.13. The number of nitrogens with zero attached hydrogens (tertiary/aromatic N) is 1. The van der Waals surface area contributed by atoms with Gasteiger partial charge in [0.05, 0.1) is 17.3 Å². The van der Waals surface area contributed by atoms with Crippen molar-refractivity contribution in [1.29, 1.82) is 0 Å². The summed E-state index contributed by atoms with van der Waals surface area (Å²) in [7, 11) is 0. The number of benzene rings is 1. The fraction of sp³-hybridized carbons (Fsp3) is 0.333. The summed E-state index contributed by atoms with van der Waals surface area (Å²) >= 11 is 0. The highest BCUT2D eigenvalue weighted by molar-refractivity contribution is 5.96. The molecule has 2 rings (SSSR count). The van der Waals surface area contributed by atoms with Crippen LogP contribution in [-0.4, -0.2) is 16.1 Å². The second-order valence-corrected chi connectivity index (χ2v) is 4.65. The molecule has 1 heterocycles. The minimum absolute atomic E-state index is 0.0300. The molecule has 1 aromatic heterocycles. The first-order valence-corrected chi connectivity index (χ1v) is 6.50. The van der Waals surface area contributed by atoms with E-state index in [9.17, 15) is 4.79 Å². The van der Waals surface area contributed by atoms with Crippen molar-refractivity contribution >= 4 is 5.91 Å². The number of aryl methyl sites for hydroxylation is 2. The van der Waals surface area contributed by atoms with E-state index in [0.29, 0.717) is 5.56 Å². The van der Waals surface area contributed by atoms with Crippen LogP contribution in [0, 0.1) is 13.8 Å². The van der Waals surface area contributed by atoms with Gasteiger partial charge in [-0.3, -0.25) is 9.89 Å². The van der Waals surface area contributed by atoms with Gasteiger partial charge >= 0.3 is 0 Å². The van der Waals surface area contributed by atoms with Crippen molar-refractivity contribution in [1.82, 2.24) is 15.5 Å². The van der Waals surface area contributed by atoms with Gasteiger partial charge in [-0.25, -0.2) is 0 Å². The number of nitrogens with one attached hydrogen (secondary N) is 2. The number of carbonyl (C=O) groups is 1.